The van der Waals surface area contributed by atoms with Crippen LogP contribution >= 0.6 is 0 Å². The third-order valence-corrected chi connectivity index (χ3v) is 5.80. The lowest BCUT2D eigenvalue weighted by Crippen LogP contribution is -2.19. The van der Waals surface area contributed by atoms with Gasteiger partial charge in [0.2, 0.25) is 0 Å². The highest BCUT2D eigenvalue weighted by molar-refractivity contribution is 5.41. The Balaban J connectivity index is 1.99. The van der Waals surface area contributed by atoms with E-state index in [-0.39, 0.29) is 11.5 Å². The van der Waals surface area contributed by atoms with Gasteiger partial charge in [-0.1, -0.05) is 71.4 Å². The molecule has 2 rings (SSSR count). The Hall–Kier alpha value is -1.02. The first-order chi connectivity index (χ1) is 11.4. The van der Waals surface area contributed by atoms with Crippen LogP contribution in [0.25, 0.3) is 0 Å². The second-order valence-corrected chi connectivity index (χ2v) is 8.34. The molecule has 1 fully saturated rings. The Morgan fingerprint density at radius 3 is 2.50 bits per heavy atom. The van der Waals surface area contributed by atoms with Crippen molar-refractivity contribution in [1.82, 2.24) is 0 Å². The molecule has 2 unspecified atom stereocenters. The summed E-state index contributed by atoms with van der Waals surface area (Å²) in [5.74, 6) is 0.727. The molecule has 1 aromatic rings. The number of hydrogen-bond donors (Lipinski definition) is 2. The Labute approximate surface area is 148 Å². The fraction of sp³-hybridized carbons (Fsp3) is 0.727. The van der Waals surface area contributed by atoms with Crippen LogP contribution in [0.3, 0.4) is 0 Å². The average Bonchev–Trinajstić information content (AvgIpc) is 2.54. The van der Waals surface area contributed by atoms with E-state index in [1.165, 1.54) is 37.7 Å². The smallest absolute Gasteiger partial charge is 0.119 e. The van der Waals surface area contributed by atoms with Gasteiger partial charge in [0.1, 0.15) is 5.75 Å². The fourth-order valence-corrected chi connectivity index (χ4v) is 4.07. The Kier molecular flexibility index (Phi) is 7.16. The standard InChI is InChI=1S/C22H36O2/c1-4-5-6-7-8-14-22(2,3)18-12-13-20(21(24)16-18)17-10-9-11-19(23)15-17/h12-13,16-17,19,23-24H,4-11,14-15H2,1-3H3. The molecule has 0 amide bonds. The molecular weight excluding hydrogens is 296 g/mol. The van der Waals surface area contributed by atoms with Gasteiger partial charge in [-0.15, -0.1) is 0 Å². The topological polar surface area (TPSA) is 40.5 Å². The molecule has 0 spiro atoms. The van der Waals surface area contributed by atoms with Crippen molar-refractivity contribution >= 4 is 0 Å². The minimum absolute atomic E-state index is 0.105. The van der Waals surface area contributed by atoms with Crippen LogP contribution in [0.5, 0.6) is 5.75 Å². The maximum Gasteiger partial charge on any atom is 0.119 e. The van der Waals surface area contributed by atoms with Crippen molar-refractivity contribution in [2.75, 3.05) is 0 Å². The summed E-state index contributed by atoms with van der Waals surface area (Å²) in [4.78, 5) is 0. The number of aliphatic hydroxyl groups excluding tert-OH is 1. The average molecular weight is 333 g/mol. The number of phenolic OH excluding ortho intramolecular Hbond substituents is 1. The third kappa shape index (κ3) is 5.24. The molecule has 0 aromatic heterocycles. The lowest BCUT2D eigenvalue weighted by molar-refractivity contribution is 0.119. The number of benzene rings is 1. The number of aromatic hydroxyl groups is 1. The largest absolute Gasteiger partial charge is 0.508 e. The zero-order valence-corrected chi connectivity index (χ0v) is 15.9. The Bertz CT molecular complexity index is 507. The summed E-state index contributed by atoms with van der Waals surface area (Å²) in [5, 5.41) is 20.4. The van der Waals surface area contributed by atoms with Crippen LogP contribution in [0.4, 0.5) is 0 Å². The first-order valence-electron chi connectivity index (χ1n) is 9.95. The molecule has 0 bridgehead atoms. The van der Waals surface area contributed by atoms with E-state index in [1.807, 2.05) is 6.07 Å². The fourth-order valence-electron chi connectivity index (χ4n) is 4.07. The van der Waals surface area contributed by atoms with E-state index in [0.29, 0.717) is 11.7 Å². The van der Waals surface area contributed by atoms with Gasteiger partial charge in [0.05, 0.1) is 6.10 Å². The number of rotatable bonds is 8. The van der Waals surface area contributed by atoms with E-state index >= 15 is 0 Å². The molecular formula is C22H36O2. The zero-order chi connectivity index (χ0) is 17.6. The van der Waals surface area contributed by atoms with Crippen molar-refractivity contribution in [1.29, 1.82) is 0 Å². The molecule has 1 saturated carbocycles. The predicted octanol–water partition coefficient (Wildman–Crippen LogP) is 6.05. The third-order valence-electron chi connectivity index (χ3n) is 5.80. The molecule has 0 aliphatic heterocycles. The van der Waals surface area contributed by atoms with Crippen LogP contribution in [0.2, 0.25) is 0 Å². The lowest BCUT2D eigenvalue weighted by Gasteiger charge is -2.29. The number of aliphatic hydroxyl groups is 1. The van der Waals surface area contributed by atoms with Crippen molar-refractivity contribution in [2.24, 2.45) is 0 Å². The van der Waals surface area contributed by atoms with Gasteiger partial charge in [-0.3, -0.25) is 0 Å². The SMILES string of the molecule is CCCCCCCC(C)(C)c1ccc(C2CCCC(O)C2)c(O)c1. The van der Waals surface area contributed by atoms with E-state index in [0.717, 1.165) is 37.7 Å². The molecule has 0 heterocycles. The van der Waals surface area contributed by atoms with Crippen molar-refractivity contribution in [3.05, 3.63) is 29.3 Å². The summed E-state index contributed by atoms with van der Waals surface area (Å²) in [5.41, 5.74) is 2.36. The Morgan fingerprint density at radius 2 is 1.83 bits per heavy atom. The summed E-state index contributed by atoms with van der Waals surface area (Å²) in [6, 6.07) is 6.27. The lowest BCUT2D eigenvalue weighted by atomic mass is 9.77. The first-order valence-corrected chi connectivity index (χ1v) is 9.95. The number of phenols is 1. The molecule has 2 N–H and O–H groups in total. The van der Waals surface area contributed by atoms with E-state index in [2.05, 4.69) is 32.9 Å². The van der Waals surface area contributed by atoms with Gasteiger partial charge in [0.15, 0.2) is 0 Å². The van der Waals surface area contributed by atoms with Crippen LogP contribution in [-0.2, 0) is 5.41 Å². The molecule has 1 aromatic carbocycles. The second kappa shape index (κ2) is 8.89. The highest BCUT2D eigenvalue weighted by Crippen LogP contribution is 2.40. The normalized spacial score (nSPS) is 21.8. The number of hydrogen-bond acceptors (Lipinski definition) is 2. The summed E-state index contributed by atoms with van der Waals surface area (Å²) >= 11 is 0. The molecule has 24 heavy (non-hydrogen) atoms. The molecule has 1 aliphatic rings. The maximum absolute atomic E-state index is 10.6. The summed E-state index contributed by atoms with van der Waals surface area (Å²) in [7, 11) is 0. The van der Waals surface area contributed by atoms with E-state index in [1.54, 1.807) is 0 Å². The van der Waals surface area contributed by atoms with Crippen molar-refractivity contribution in [3.8, 4) is 5.75 Å². The quantitative estimate of drug-likeness (QED) is 0.569. The molecule has 1 aliphatic carbocycles. The molecule has 2 atom stereocenters. The predicted molar refractivity (Wildman–Crippen MR) is 102 cm³/mol. The van der Waals surface area contributed by atoms with Crippen LogP contribution in [0, 0.1) is 0 Å². The molecule has 136 valence electrons. The maximum atomic E-state index is 10.6. The molecule has 0 radical (unpaired) electrons. The summed E-state index contributed by atoms with van der Waals surface area (Å²) in [6.45, 7) is 6.82. The first kappa shape index (κ1) is 19.3. The van der Waals surface area contributed by atoms with Crippen molar-refractivity contribution in [2.45, 2.75) is 102 Å². The molecule has 2 nitrogen and oxygen atoms in total. The minimum atomic E-state index is -0.206. The van der Waals surface area contributed by atoms with Gasteiger partial charge >= 0.3 is 0 Å². The van der Waals surface area contributed by atoms with Crippen LogP contribution in [0.1, 0.15) is 102 Å². The summed E-state index contributed by atoms with van der Waals surface area (Å²) < 4.78 is 0. The van der Waals surface area contributed by atoms with Crippen LogP contribution < -0.4 is 0 Å². The van der Waals surface area contributed by atoms with Crippen molar-refractivity contribution in [3.63, 3.8) is 0 Å². The van der Waals surface area contributed by atoms with E-state index in [4.69, 9.17) is 0 Å². The second-order valence-electron chi connectivity index (χ2n) is 8.34. The molecule has 0 saturated heterocycles. The highest BCUT2D eigenvalue weighted by atomic mass is 16.3. The number of unbranched alkanes of at least 4 members (excludes halogenated alkanes) is 4. The zero-order valence-electron chi connectivity index (χ0n) is 15.9. The van der Waals surface area contributed by atoms with Gasteiger partial charge in [-0.2, -0.15) is 0 Å². The van der Waals surface area contributed by atoms with Gasteiger partial charge in [-0.25, -0.2) is 0 Å². The van der Waals surface area contributed by atoms with Crippen molar-refractivity contribution < 1.29 is 10.2 Å². The van der Waals surface area contributed by atoms with E-state index < -0.39 is 0 Å². The van der Waals surface area contributed by atoms with Crippen LogP contribution in [0.15, 0.2) is 18.2 Å². The van der Waals surface area contributed by atoms with Gasteiger partial charge in [0, 0.05) is 0 Å². The van der Waals surface area contributed by atoms with Gasteiger partial charge < -0.3 is 10.2 Å². The monoisotopic (exact) mass is 332 g/mol. The summed E-state index contributed by atoms with van der Waals surface area (Å²) in [6.07, 6.45) is 11.3. The van der Waals surface area contributed by atoms with Gasteiger partial charge in [0.25, 0.3) is 0 Å². The van der Waals surface area contributed by atoms with Crippen LogP contribution in [-0.4, -0.2) is 16.3 Å². The molecule has 2 heteroatoms. The van der Waals surface area contributed by atoms with E-state index in [9.17, 15) is 10.2 Å². The van der Waals surface area contributed by atoms with Gasteiger partial charge in [-0.05, 0) is 54.2 Å². The highest BCUT2D eigenvalue weighted by Gasteiger charge is 2.26. The Morgan fingerprint density at radius 1 is 1.08 bits per heavy atom. The minimum Gasteiger partial charge on any atom is -0.508 e.